The van der Waals surface area contributed by atoms with Crippen LogP contribution in [0.1, 0.15) is 60.8 Å². The van der Waals surface area contributed by atoms with Crippen molar-refractivity contribution in [3.05, 3.63) is 0 Å². The standard InChI is InChI=1S/C35H64N2O18/c1-14-19(37-18(38)13-35(5,6)46)23(42)29(47-8)34(49-14)54-28-22(41)17(4)50-31(26(28)45)53-27-21(40)16(3)51-32(25(27)44)55-30-24(43)20(39)15(2)52-33(30)48-12-10-9-11-36-7/h14-17,19-34,36,39-46H,9-13H2,1-8H3,(H,37,38)/t14?,15?,16?,17?,19-,20+,21+,22+,23+,24+,25?,26?,27+,28+,29?,30?,31+,32+,33-,34+/m1/s1. The van der Waals surface area contributed by atoms with Crippen LogP contribution < -0.4 is 10.6 Å². The van der Waals surface area contributed by atoms with Gasteiger partial charge in [0, 0.05) is 13.7 Å². The summed E-state index contributed by atoms with van der Waals surface area (Å²) in [5.41, 5.74) is -1.30. The summed E-state index contributed by atoms with van der Waals surface area (Å²) in [6.45, 7) is 10.0. The molecule has 0 saturated carbocycles. The number of carbonyl (C=O) groups excluding carboxylic acids is 1. The molecule has 0 spiro atoms. The fourth-order valence-corrected chi connectivity index (χ4v) is 7.10. The molecular weight excluding hydrogens is 736 g/mol. The molecule has 20 nitrogen and oxygen atoms in total. The van der Waals surface area contributed by atoms with Gasteiger partial charge in [-0.15, -0.1) is 0 Å². The van der Waals surface area contributed by atoms with Gasteiger partial charge in [0.15, 0.2) is 25.2 Å². The van der Waals surface area contributed by atoms with Crippen molar-refractivity contribution < 1.29 is 88.3 Å². The van der Waals surface area contributed by atoms with Gasteiger partial charge < -0.3 is 94.1 Å². The zero-order valence-electron chi connectivity index (χ0n) is 32.7. The molecule has 0 aromatic rings. The molecule has 20 atom stereocenters. The van der Waals surface area contributed by atoms with Crippen molar-refractivity contribution in [3.63, 3.8) is 0 Å². The average Bonchev–Trinajstić information content (AvgIpc) is 3.10. The summed E-state index contributed by atoms with van der Waals surface area (Å²) in [6.07, 6.45) is -24.5. The number of rotatable bonds is 16. The summed E-state index contributed by atoms with van der Waals surface area (Å²) in [5.74, 6) is -0.538. The Morgan fingerprint density at radius 1 is 0.618 bits per heavy atom. The minimum Gasteiger partial charge on any atom is -0.390 e. The fraction of sp³-hybridized carbons (Fsp3) is 0.971. The number of amides is 1. The van der Waals surface area contributed by atoms with Crippen molar-refractivity contribution in [2.24, 2.45) is 0 Å². The van der Waals surface area contributed by atoms with Crippen LogP contribution in [0.5, 0.6) is 0 Å². The predicted molar refractivity (Wildman–Crippen MR) is 187 cm³/mol. The van der Waals surface area contributed by atoms with Crippen LogP contribution in [-0.2, 0) is 47.4 Å². The molecule has 4 heterocycles. The summed E-state index contributed by atoms with van der Waals surface area (Å²) in [4.78, 5) is 12.6. The van der Waals surface area contributed by atoms with Gasteiger partial charge in [0.1, 0.15) is 67.1 Å². The van der Waals surface area contributed by atoms with E-state index in [0.29, 0.717) is 6.42 Å². The van der Waals surface area contributed by atoms with Gasteiger partial charge in [0.05, 0.1) is 42.5 Å². The lowest BCUT2D eigenvalue weighted by Crippen LogP contribution is -2.67. The maximum absolute atomic E-state index is 12.6. The van der Waals surface area contributed by atoms with Crippen LogP contribution in [0.15, 0.2) is 0 Å². The van der Waals surface area contributed by atoms with E-state index in [1.54, 1.807) is 13.8 Å². The highest BCUT2D eigenvalue weighted by Gasteiger charge is 2.54. The first-order chi connectivity index (χ1) is 25.8. The number of ether oxygens (including phenoxy) is 9. The number of hydrogen-bond acceptors (Lipinski definition) is 19. The maximum Gasteiger partial charge on any atom is 0.223 e. The zero-order chi connectivity index (χ0) is 40.9. The number of aliphatic hydroxyl groups is 8. The molecule has 0 radical (unpaired) electrons. The first-order valence-electron chi connectivity index (χ1n) is 18.9. The number of nitrogens with one attached hydrogen (secondary N) is 2. The van der Waals surface area contributed by atoms with Crippen molar-refractivity contribution in [2.45, 2.75) is 189 Å². The molecule has 20 heteroatoms. The smallest absolute Gasteiger partial charge is 0.223 e. The van der Waals surface area contributed by atoms with Crippen LogP contribution in [-0.4, -0.2) is 202 Å². The molecule has 55 heavy (non-hydrogen) atoms. The lowest BCUT2D eigenvalue weighted by atomic mass is 9.94. The number of unbranched alkanes of at least 4 members (excludes halogenated alkanes) is 1. The highest BCUT2D eigenvalue weighted by Crippen LogP contribution is 2.35. The Balaban J connectivity index is 1.46. The van der Waals surface area contributed by atoms with E-state index in [9.17, 15) is 45.6 Å². The lowest BCUT2D eigenvalue weighted by Gasteiger charge is -2.49. The Morgan fingerprint density at radius 2 is 1.11 bits per heavy atom. The molecule has 4 rings (SSSR count). The van der Waals surface area contributed by atoms with E-state index in [1.165, 1.54) is 34.8 Å². The Kier molecular flexibility index (Phi) is 17.0. The van der Waals surface area contributed by atoms with Crippen LogP contribution in [0.3, 0.4) is 0 Å². The SMILES string of the molecule is CNCCCCO[C@@H]1OC(C)[C@H](O)[C@H](O)C1O[C@@H]1OC(C)[C@H](O)[C@H](O[C@@H]2OC(C)[C@H](O)[C@H](O[C@@H]3OC(C)[C@@H](NC(=O)CC(C)(C)O)[C@H](O)C3OC)C2O)C1O. The molecule has 0 aliphatic carbocycles. The van der Waals surface area contributed by atoms with Crippen LogP contribution in [0.2, 0.25) is 0 Å². The highest BCUT2D eigenvalue weighted by atomic mass is 16.8. The van der Waals surface area contributed by atoms with Crippen LogP contribution in [0.25, 0.3) is 0 Å². The van der Waals surface area contributed by atoms with E-state index in [4.69, 9.17) is 42.6 Å². The summed E-state index contributed by atoms with van der Waals surface area (Å²) >= 11 is 0. The van der Waals surface area contributed by atoms with Crippen molar-refractivity contribution in [1.29, 1.82) is 0 Å². The second kappa shape index (κ2) is 20.1. The Bertz CT molecular complexity index is 1180. The zero-order valence-corrected chi connectivity index (χ0v) is 32.7. The molecule has 0 aromatic heterocycles. The third-order valence-electron chi connectivity index (χ3n) is 10.3. The summed E-state index contributed by atoms with van der Waals surface area (Å²) in [6, 6.07) is -0.967. The second-order valence-electron chi connectivity index (χ2n) is 15.5. The Labute approximate surface area is 321 Å². The minimum absolute atomic E-state index is 0.242. The molecule has 0 bridgehead atoms. The summed E-state index contributed by atoms with van der Waals surface area (Å²) < 4.78 is 52.7. The van der Waals surface area contributed by atoms with Gasteiger partial charge in [-0.25, -0.2) is 0 Å². The van der Waals surface area contributed by atoms with Crippen LogP contribution in [0, 0.1) is 0 Å². The van der Waals surface area contributed by atoms with Gasteiger partial charge in [-0.05, 0) is 68.0 Å². The van der Waals surface area contributed by atoms with Crippen molar-refractivity contribution in [2.75, 3.05) is 27.3 Å². The minimum atomic E-state index is -1.77. The molecule has 4 saturated heterocycles. The van der Waals surface area contributed by atoms with E-state index in [2.05, 4.69) is 10.6 Å². The average molecular weight is 801 g/mol. The number of carbonyl (C=O) groups is 1. The molecule has 4 fully saturated rings. The first-order valence-corrected chi connectivity index (χ1v) is 18.9. The molecule has 1 amide bonds. The van der Waals surface area contributed by atoms with Crippen LogP contribution >= 0.6 is 0 Å². The molecule has 4 aliphatic rings. The molecule has 0 aromatic carbocycles. The number of aliphatic hydroxyl groups excluding tert-OH is 7. The second-order valence-corrected chi connectivity index (χ2v) is 15.5. The van der Waals surface area contributed by atoms with Gasteiger partial charge in [-0.2, -0.15) is 0 Å². The van der Waals surface area contributed by atoms with Crippen LogP contribution in [0.4, 0.5) is 0 Å². The predicted octanol–water partition coefficient (Wildman–Crippen LogP) is -3.68. The van der Waals surface area contributed by atoms with Gasteiger partial charge in [-0.3, -0.25) is 4.79 Å². The highest BCUT2D eigenvalue weighted by molar-refractivity contribution is 5.77. The third kappa shape index (κ3) is 11.5. The maximum atomic E-state index is 12.6. The summed E-state index contributed by atoms with van der Waals surface area (Å²) in [5, 5.41) is 93.6. The first kappa shape index (κ1) is 46.4. The summed E-state index contributed by atoms with van der Waals surface area (Å²) in [7, 11) is 3.10. The van der Waals surface area contributed by atoms with E-state index in [1.807, 2.05) is 7.05 Å². The van der Waals surface area contributed by atoms with E-state index in [-0.39, 0.29) is 13.0 Å². The Hall–Kier alpha value is -1.25. The molecule has 10 N–H and O–H groups in total. The van der Waals surface area contributed by atoms with Crippen molar-refractivity contribution in [3.8, 4) is 0 Å². The van der Waals surface area contributed by atoms with E-state index in [0.717, 1.165) is 13.0 Å². The van der Waals surface area contributed by atoms with Crippen molar-refractivity contribution in [1.82, 2.24) is 10.6 Å². The molecule has 322 valence electrons. The molecular formula is C35H64N2O18. The van der Waals surface area contributed by atoms with Gasteiger partial charge in [-0.1, -0.05) is 0 Å². The topological polar surface area (TPSA) is 286 Å². The quantitative estimate of drug-likeness (QED) is 0.0673. The van der Waals surface area contributed by atoms with Gasteiger partial charge >= 0.3 is 0 Å². The number of methoxy groups -OCH3 is 1. The van der Waals surface area contributed by atoms with E-state index >= 15 is 0 Å². The molecule has 8 unspecified atom stereocenters. The van der Waals surface area contributed by atoms with Gasteiger partial charge in [0.25, 0.3) is 0 Å². The largest absolute Gasteiger partial charge is 0.390 e. The molecule has 4 aliphatic heterocycles. The van der Waals surface area contributed by atoms with Crippen molar-refractivity contribution >= 4 is 5.91 Å². The normalized spacial score (nSPS) is 45.7. The third-order valence-corrected chi connectivity index (χ3v) is 10.3. The fourth-order valence-electron chi connectivity index (χ4n) is 7.10. The van der Waals surface area contributed by atoms with Gasteiger partial charge in [0.2, 0.25) is 5.91 Å². The Morgan fingerprint density at radius 3 is 1.64 bits per heavy atom. The number of hydrogen-bond donors (Lipinski definition) is 10. The monoisotopic (exact) mass is 800 g/mol. The van der Waals surface area contributed by atoms with E-state index < -0.39 is 134 Å². The lowest BCUT2D eigenvalue weighted by molar-refractivity contribution is -0.387.